The van der Waals surface area contributed by atoms with Gasteiger partial charge in [0.1, 0.15) is 12.1 Å². The monoisotopic (exact) mass is 280 g/mol. The van der Waals surface area contributed by atoms with Crippen LogP contribution in [0.1, 0.15) is 0 Å². The van der Waals surface area contributed by atoms with E-state index in [0.717, 1.165) is 0 Å². The van der Waals surface area contributed by atoms with Gasteiger partial charge in [-0.15, -0.1) is 10.2 Å². The molecule has 1 aromatic carbocycles. The largest absolute Gasteiger partial charge is 0.348 e. The van der Waals surface area contributed by atoms with Crippen LogP contribution in [0.5, 0.6) is 0 Å². The summed E-state index contributed by atoms with van der Waals surface area (Å²) in [5, 5.41) is 8.15. The average Bonchev–Trinajstić information content (AvgIpc) is 2.84. The van der Waals surface area contributed by atoms with Crippen LogP contribution in [0.25, 0.3) is 5.69 Å². The van der Waals surface area contributed by atoms with Gasteiger partial charge in [-0.25, -0.2) is 4.39 Å². The van der Waals surface area contributed by atoms with Crippen molar-refractivity contribution in [1.82, 2.24) is 19.7 Å². The average molecular weight is 280 g/mol. The standard InChI is InChI=1S/C12H13FN4OS/c1-16(2)11(18)7-19-12-15-14-8-17(12)10-6-4-3-5-9(10)13/h3-6,8H,7H2,1-2H3. The Hall–Kier alpha value is -1.89. The predicted octanol–water partition coefficient (Wildman–Crippen LogP) is 1.59. The molecule has 2 rings (SSSR count). The number of benzene rings is 1. The maximum absolute atomic E-state index is 13.7. The molecular weight excluding hydrogens is 267 g/mol. The highest BCUT2D eigenvalue weighted by molar-refractivity contribution is 7.99. The van der Waals surface area contributed by atoms with E-state index in [1.165, 1.54) is 33.6 Å². The van der Waals surface area contributed by atoms with E-state index in [9.17, 15) is 9.18 Å². The molecule has 1 amide bonds. The van der Waals surface area contributed by atoms with Gasteiger partial charge in [-0.3, -0.25) is 9.36 Å². The smallest absolute Gasteiger partial charge is 0.232 e. The van der Waals surface area contributed by atoms with E-state index in [4.69, 9.17) is 0 Å². The minimum absolute atomic E-state index is 0.0342. The van der Waals surface area contributed by atoms with Gasteiger partial charge in [0.15, 0.2) is 5.16 Å². The van der Waals surface area contributed by atoms with Gasteiger partial charge in [-0.2, -0.15) is 0 Å². The molecule has 100 valence electrons. The summed E-state index contributed by atoms with van der Waals surface area (Å²) in [6, 6.07) is 6.36. The lowest BCUT2D eigenvalue weighted by atomic mass is 10.3. The van der Waals surface area contributed by atoms with Crippen LogP contribution >= 0.6 is 11.8 Å². The lowest BCUT2D eigenvalue weighted by Gasteiger charge is -2.10. The van der Waals surface area contributed by atoms with E-state index in [2.05, 4.69) is 10.2 Å². The van der Waals surface area contributed by atoms with Crippen LogP contribution in [0.15, 0.2) is 35.7 Å². The summed E-state index contributed by atoms with van der Waals surface area (Å²) in [4.78, 5) is 13.0. The molecule has 0 radical (unpaired) electrons. The fraction of sp³-hybridized carbons (Fsp3) is 0.250. The van der Waals surface area contributed by atoms with Crippen molar-refractivity contribution in [3.63, 3.8) is 0 Å². The molecule has 7 heteroatoms. The fourth-order valence-electron chi connectivity index (χ4n) is 1.39. The van der Waals surface area contributed by atoms with Crippen molar-refractivity contribution < 1.29 is 9.18 Å². The molecule has 0 aliphatic carbocycles. The van der Waals surface area contributed by atoms with Crippen LogP contribution in [0, 0.1) is 5.82 Å². The molecule has 0 saturated heterocycles. The van der Waals surface area contributed by atoms with Crippen LogP contribution in [-0.2, 0) is 4.79 Å². The first kappa shape index (κ1) is 13.5. The lowest BCUT2D eigenvalue weighted by molar-refractivity contribution is -0.125. The SMILES string of the molecule is CN(C)C(=O)CSc1nncn1-c1ccccc1F. The quantitative estimate of drug-likeness (QED) is 0.798. The first-order valence-electron chi connectivity index (χ1n) is 5.57. The second kappa shape index (κ2) is 5.83. The summed E-state index contributed by atoms with van der Waals surface area (Å²) in [6.07, 6.45) is 1.43. The highest BCUT2D eigenvalue weighted by Crippen LogP contribution is 2.21. The van der Waals surface area contributed by atoms with Gasteiger partial charge >= 0.3 is 0 Å². The zero-order valence-corrected chi connectivity index (χ0v) is 11.4. The molecule has 5 nitrogen and oxygen atoms in total. The number of hydrogen-bond donors (Lipinski definition) is 0. The molecular formula is C12H13FN4OS. The summed E-state index contributed by atoms with van der Waals surface area (Å²) in [6.45, 7) is 0. The third-order valence-electron chi connectivity index (χ3n) is 2.45. The van der Waals surface area contributed by atoms with Crippen molar-refractivity contribution in [2.45, 2.75) is 5.16 Å². The van der Waals surface area contributed by atoms with Gasteiger partial charge in [0.2, 0.25) is 5.91 Å². The molecule has 0 unspecified atom stereocenters. The Morgan fingerprint density at radius 2 is 2.16 bits per heavy atom. The van der Waals surface area contributed by atoms with Crippen LogP contribution < -0.4 is 0 Å². The van der Waals surface area contributed by atoms with Crippen molar-refractivity contribution in [3.8, 4) is 5.69 Å². The van der Waals surface area contributed by atoms with E-state index in [0.29, 0.717) is 10.8 Å². The Bertz CT molecular complexity index is 585. The number of halogens is 1. The van der Waals surface area contributed by atoms with Gasteiger partial charge in [-0.05, 0) is 12.1 Å². The summed E-state index contributed by atoms with van der Waals surface area (Å²) in [7, 11) is 3.37. The summed E-state index contributed by atoms with van der Waals surface area (Å²) >= 11 is 1.23. The normalized spacial score (nSPS) is 10.5. The van der Waals surface area contributed by atoms with Gasteiger partial charge < -0.3 is 4.90 Å². The number of aromatic nitrogens is 3. The third-order valence-corrected chi connectivity index (χ3v) is 3.38. The molecule has 2 aromatic rings. The number of rotatable bonds is 4. The first-order valence-corrected chi connectivity index (χ1v) is 6.56. The number of nitrogens with zero attached hydrogens (tertiary/aromatic N) is 4. The fourth-order valence-corrected chi connectivity index (χ4v) is 2.29. The lowest BCUT2D eigenvalue weighted by Crippen LogP contribution is -2.23. The molecule has 0 aliphatic rings. The van der Waals surface area contributed by atoms with E-state index < -0.39 is 0 Å². The van der Waals surface area contributed by atoms with Crippen LogP contribution in [0.3, 0.4) is 0 Å². The van der Waals surface area contributed by atoms with E-state index in [1.54, 1.807) is 32.3 Å². The van der Waals surface area contributed by atoms with Crippen molar-refractivity contribution in [2.24, 2.45) is 0 Å². The molecule has 0 aliphatic heterocycles. The third kappa shape index (κ3) is 3.11. The summed E-state index contributed by atoms with van der Waals surface area (Å²) in [5.74, 6) is -0.156. The zero-order valence-electron chi connectivity index (χ0n) is 10.6. The maximum Gasteiger partial charge on any atom is 0.232 e. The Labute approximate surface area is 114 Å². The number of hydrogen-bond acceptors (Lipinski definition) is 4. The van der Waals surface area contributed by atoms with Crippen LogP contribution in [0.2, 0.25) is 0 Å². The van der Waals surface area contributed by atoms with Gasteiger partial charge in [0.25, 0.3) is 0 Å². The molecule has 0 N–H and O–H groups in total. The minimum Gasteiger partial charge on any atom is -0.348 e. The van der Waals surface area contributed by atoms with Crippen molar-refractivity contribution in [1.29, 1.82) is 0 Å². The van der Waals surface area contributed by atoms with Crippen molar-refractivity contribution >= 4 is 17.7 Å². The Kier molecular flexibility index (Phi) is 4.16. The molecule has 0 fully saturated rings. The molecule has 0 bridgehead atoms. The highest BCUT2D eigenvalue weighted by atomic mass is 32.2. The maximum atomic E-state index is 13.7. The molecule has 0 saturated carbocycles. The summed E-state index contributed by atoms with van der Waals surface area (Å²) in [5.41, 5.74) is 0.368. The van der Waals surface area contributed by atoms with E-state index >= 15 is 0 Å². The second-order valence-electron chi connectivity index (χ2n) is 4.01. The first-order chi connectivity index (χ1) is 9.09. The predicted molar refractivity (Wildman–Crippen MR) is 70.7 cm³/mol. The number of thioether (sulfide) groups is 1. The Morgan fingerprint density at radius 3 is 2.84 bits per heavy atom. The number of amides is 1. The van der Waals surface area contributed by atoms with Gasteiger partial charge in [0.05, 0.1) is 11.4 Å². The molecule has 19 heavy (non-hydrogen) atoms. The number of carbonyl (C=O) groups excluding carboxylic acids is 1. The molecule has 0 atom stereocenters. The molecule has 1 heterocycles. The Balaban J connectivity index is 2.19. The second-order valence-corrected chi connectivity index (χ2v) is 4.95. The highest BCUT2D eigenvalue weighted by Gasteiger charge is 2.13. The molecule has 1 aromatic heterocycles. The van der Waals surface area contributed by atoms with E-state index in [-0.39, 0.29) is 17.5 Å². The van der Waals surface area contributed by atoms with E-state index in [1.807, 2.05) is 0 Å². The Morgan fingerprint density at radius 1 is 1.42 bits per heavy atom. The van der Waals surface area contributed by atoms with Gasteiger partial charge in [-0.1, -0.05) is 23.9 Å². The zero-order chi connectivity index (χ0) is 13.8. The topological polar surface area (TPSA) is 51.0 Å². The van der Waals surface area contributed by atoms with Crippen LogP contribution in [-0.4, -0.2) is 45.4 Å². The number of carbonyl (C=O) groups is 1. The van der Waals surface area contributed by atoms with Gasteiger partial charge in [0, 0.05) is 14.1 Å². The summed E-state index contributed by atoms with van der Waals surface area (Å²) < 4.78 is 15.2. The number of para-hydroxylation sites is 1. The minimum atomic E-state index is -0.358. The van der Waals surface area contributed by atoms with Crippen molar-refractivity contribution in [3.05, 3.63) is 36.4 Å². The van der Waals surface area contributed by atoms with Crippen molar-refractivity contribution in [2.75, 3.05) is 19.8 Å². The van der Waals surface area contributed by atoms with Crippen LogP contribution in [0.4, 0.5) is 4.39 Å². The molecule has 0 spiro atoms.